The highest BCUT2D eigenvalue weighted by Crippen LogP contribution is 2.40. The summed E-state index contributed by atoms with van der Waals surface area (Å²) < 4.78 is 22.6. The van der Waals surface area contributed by atoms with E-state index in [4.69, 9.17) is 20.7 Å². The van der Waals surface area contributed by atoms with Gasteiger partial charge in [0.25, 0.3) is 0 Å². The number of fused-ring (bicyclic) bond motifs is 1. The zero-order chi connectivity index (χ0) is 25.4. The molecule has 0 spiro atoms. The predicted molar refractivity (Wildman–Crippen MR) is 136 cm³/mol. The van der Waals surface area contributed by atoms with Crippen molar-refractivity contribution in [1.82, 2.24) is 24.6 Å². The predicted octanol–water partition coefficient (Wildman–Crippen LogP) is 3.65. The van der Waals surface area contributed by atoms with Crippen molar-refractivity contribution in [2.75, 3.05) is 51.4 Å². The number of amides is 1. The van der Waals surface area contributed by atoms with Crippen molar-refractivity contribution in [2.24, 2.45) is 0 Å². The van der Waals surface area contributed by atoms with Crippen LogP contribution in [0.25, 0.3) is 22.2 Å². The molecular formula is C25H32FN7O3. The smallest absolute Gasteiger partial charge is 0.409 e. The summed E-state index contributed by atoms with van der Waals surface area (Å²) in [6.45, 7) is 4.43. The first-order chi connectivity index (χ1) is 17.4. The Hall–Kier alpha value is -3.44. The Bertz CT molecular complexity index is 1260. The van der Waals surface area contributed by atoms with E-state index < -0.39 is 11.9 Å². The third-order valence-electron chi connectivity index (χ3n) is 7.50. The number of halogens is 1. The number of nitrogen functional groups attached to an aromatic ring is 1. The Balaban J connectivity index is 1.47. The lowest BCUT2D eigenvalue weighted by Gasteiger charge is -2.41. The molecule has 5 rings (SSSR count). The first-order valence-electron chi connectivity index (χ1n) is 12.3. The van der Waals surface area contributed by atoms with Gasteiger partial charge in [0.2, 0.25) is 0 Å². The Morgan fingerprint density at radius 1 is 1.17 bits per heavy atom. The molecule has 1 aliphatic heterocycles. The van der Waals surface area contributed by atoms with Gasteiger partial charge in [-0.2, -0.15) is 5.10 Å². The standard InChI is InChI=1S/C25H32FN7O3/c1-31-9-11-32(12-10-31)15-3-5-16(6-4-15)33-20-7-8-28-24(27)22(20)23(30-33)17-13-21(36-2)19(14-18(17)26)29-25(34)35/h7-8,13-16,29H,3-6,9-12H2,1-2H3,(H2,27,28)(H,34,35). The third kappa shape index (κ3) is 4.56. The molecule has 10 nitrogen and oxygen atoms in total. The lowest BCUT2D eigenvalue weighted by atomic mass is 9.89. The van der Waals surface area contributed by atoms with E-state index in [-0.39, 0.29) is 28.9 Å². The second-order valence-electron chi connectivity index (χ2n) is 9.65. The minimum Gasteiger partial charge on any atom is -0.495 e. The van der Waals surface area contributed by atoms with Crippen molar-refractivity contribution in [2.45, 2.75) is 37.8 Å². The van der Waals surface area contributed by atoms with Gasteiger partial charge in [0, 0.05) is 50.0 Å². The molecule has 0 bridgehead atoms. The second kappa shape index (κ2) is 9.90. The number of benzene rings is 1. The fourth-order valence-electron chi connectivity index (χ4n) is 5.55. The lowest BCUT2D eigenvalue weighted by molar-refractivity contribution is 0.0816. The average molecular weight is 498 g/mol. The van der Waals surface area contributed by atoms with Gasteiger partial charge in [0.15, 0.2) is 0 Å². The molecule has 1 saturated carbocycles. The van der Waals surface area contributed by atoms with E-state index in [0.717, 1.165) is 63.4 Å². The summed E-state index contributed by atoms with van der Waals surface area (Å²) in [6.07, 6.45) is 4.46. The molecule has 4 N–H and O–H groups in total. The second-order valence-corrected chi connectivity index (χ2v) is 9.65. The number of methoxy groups -OCH3 is 1. The van der Waals surface area contributed by atoms with Crippen LogP contribution in [0.2, 0.25) is 0 Å². The molecule has 1 saturated heterocycles. The molecule has 0 unspecified atom stereocenters. The number of hydrogen-bond acceptors (Lipinski definition) is 7. The number of nitrogens with zero attached hydrogens (tertiary/aromatic N) is 5. The monoisotopic (exact) mass is 497 g/mol. The largest absolute Gasteiger partial charge is 0.495 e. The van der Waals surface area contributed by atoms with E-state index in [9.17, 15) is 4.79 Å². The lowest BCUT2D eigenvalue weighted by Crippen LogP contribution is -2.49. The summed E-state index contributed by atoms with van der Waals surface area (Å²) in [5, 5.41) is 16.7. The molecule has 1 aliphatic carbocycles. The van der Waals surface area contributed by atoms with Crippen LogP contribution in [0, 0.1) is 5.82 Å². The summed E-state index contributed by atoms with van der Waals surface area (Å²) in [6, 6.07) is 5.16. The Morgan fingerprint density at radius 2 is 1.86 bits per heavy atom. The number of carboxylic acid groups (broad SMARTS) is 1. The number of aromatic nitrogens is 3. The van der Waals surface area contributed by atoms with Crippen LogP contribution in [0.15, 0.2) is 24.4 Å². The molecule has 2 aromatic heterocycles. The molecule has 3 heterocycles. The molecule has 11 heteroatoms. The zero-order valence-electron chi connectivity index (χ0n) is 20.6. The van der Waals surface area contributed by atoms with Crippen LogP contribution in [0.1, 0.15) is 31.7 Å². The number of carbonyl (C=O) groups is 1. The fraction of sp³-hybridized carbons (Fsp3) is 0.480. The highest BCUT2D eigenvalue weighted by Gasteiger charge is 2.31. The SMILES string of the molecule is COc1cc(-c2nn(C3CCC(N4CCN(C)CC4)CC3)c3ccnc(N)c23)c(F)cc1NC(=O)O. The number of piperazine rings is 1. The van der Waals surface area contributed by atoms with Crippen molar-refractivity contribution in [3.63, 3.8) is 0 Å². The Labute approximate surface area is 208 Å². The molecule has 36 heavy (non-hydrogen) atoms. The van der Waals surface area contributed by atoms with E-state index in [1.807, 2.05) is 10.7 Å². The highest BCUT2D eigenvalue weighted by atomic mass is 19.1. The summed E-state index contributed by atoms with van der Waals surface area (Å²) in [7, 11) is 3.57. The molecule has 3 aromatic rings. The number of likely N-dealkylation sites (N-methyl/N-ethyl adjacent to an activating group) is 1. The molecular weight excluding hydrogens is 465 g/mol. The van der Waals surface area contributed by atoms with E-state index in [1.165, 1.54) is 13.2 Å². The van der Waals surface area contributed by atoms with Crippen molar-refractivity contribution >= 4 is 28.5 Å². The Morgan fingerprint density at radius 3 is 2.53 bits per heavy atom. The molecule has 192 valence electrons. The van der Waals surface area contributed by atoms with E-state index in [0.29, 0.717) is 17.1 Å². The topological polar surface area (TPSA) is 122 Å². The summed E-state index contributed by atoms with van der Waals surface area (Å²) in [4.78, 5) is 20.3. The van der Waals surface area contributed by atoms with Crippen LogP contribution >= 0.6 is 0 Å². The van der Waals surface area contributed by atoms with Crippen molar-refractivity contribution in [3.05, 3.63) is 30.2 Å². The summed E-state index contributed by atoms with van der Waals surface area (Å²) >= 11 is 0. The first-order valence-corrected chi connectivity index (χ1v) is 12.3. The van der Waals surface area contributed by atoms with Crippen molar-refractivity contribution < 1.29 is 19.0 Å². The van der Waals surface area contributed by atoms with E-state index >= 15 is 4.39 Å². The summed E-state index contributed by atoms with van der Waals surface area (Å²) in [5.74, 6) is -0.175. The number of nitrogens with two attached hydrogens (primary N) is 1. The van der Waals surface area contributed by atoms with Crippen molar-refractivity contribution in [1.29, 1.82) is 0 Å². The van der Waals surface area contributed by atoms with Crippen LogP contribution in [-0.2, 0) is 0 Å². The van der Waals surface area contributed by atoms with Gasteiger partial charge in [-0.15, -0.1) is 0 Å². The molecule has 0 atom stereocenters. The van der Waals surface area contributed by atoms with E-state index in [1.54, 1.807) is 6.20 Å². The maximum atomic E-state index is 15.3. The molecule has 2 aliphatic rings. The van der Waals surface area contributed by atoms with Gasteiger partial charge < -0.3 is 20.5 Å². The number of ether oxygens (including phenoxy) is 1. The normalized spacial score (nSPS) is 21.5. The van der Waals surface area contributed by atoms with Crippen LogP contribution in [0.4, 0.5) is 20.7 Å². The van der Waals surface area contributed by atoms with E-state index in [2.05, 4.69) is 27.1 Å². The van der Waals surface area contributed by atoms with Gasteiger partial charge in [-0.3, -0.25) is 14.9 Å². The minimum atomic E-state index is -1.31. The van der Waals surface area contributed by atoms with Crippen LogP contribution in [0.5, 0.6) is 5.75 Å². The quantitative estimate of drug-likeness (QED) is 0.488. The van der Waals surface area contributed by atoms with Gasteiger partial charge >= 0.3 is 6.09 Å². The number of pyridine rings is 1. The molecule has 2 fully saturated rings. The zero-order valence-corrected chi connectivity index (χ0v) is 20.6. The van der Waals surface area contributed by atoms with Gasteiger partial charge in [0.1, 0.15) is 23.1 Å². The van der Waals surface area contributed by atoms with Gasteiger partial charge in [-0.1, -0.05) is 0 Å². The first kappa shape index (κ1) is 24.3. The maximum absolute atomic E-state index is 15.3. The summed E-state index contributed by atoms with van der Waals surface area (Å²) in [5.41, 5.74) is 7.64. The average Bonchev–Trinajstić information content (AvgIpc) is 3.25. The highest BCUT2D eigenvalue weighted by molar-refractivity contribution is 6.01. The Kier molecular flexibility index (Phi) is 6.67. The minimum absolute atomic E-state index is 0.0170. The number of rotatable bonds is 5. The maximum Gasteiger partial charge on any atom is 0.409 e. The van der Waals surface area contributed by atoms with Crippen LogP contribution in [0.3, 0.4) is 0 Å². The van der Waals surface area contributed by atoms with Gasteiger partial charge in [0.05, 0.1) is 29.7 Å². The molecule has 0 radical (unpaired) electrons. The third-order valence-corrected chi connectivity index (χ3v) is 7.50. The van der Waals surface area contributed by atoms with Gasteiger partial charge in [-0.05, 0) is 44.9 Å². The van der Waals surface area contributed by atoms with Crippen LogP contribution < -0.4 is 15.8 Å². The number of nitrogens with one attached hydrogen (secondary N) is 1. The van der Waals surface area contributed by atoms with Crippen LogP contribution in [-0.4, -0.2) is 82.1 Å². The molecule has 1 amide bonds. The number of hydrogen-bond donors (Lipinski definition) is 3. The van der Waals surface area contributed by atoms with Gasteiger partial charge in [-0.25, -0.2) is 14.2 Å². The fourth-order valence-corrected chi connectivity index (χ4v) is 5.55. The number of anilines is 2. The molecule has 1 aromatic carbocycles. The van der Waals surface area contributed by atoms with Crippen molar-refractivity contribution in [3.8, 4) is 17.0 Å².